The van der Waals surface area contributed by atoms with Crippen molar-refractivity contribution < 1.29 is 14.3 Å². The van der Waals surface area contributed by atoms with Crippen LogP contribution in [0.15, 0.2) is 23.1 Å². The fraction of sp³-hybridized carbons (Fsp3) is 0.429. The van der Waals surface area contributed by atoms with Gasteiger partial charge in [0, 0.05) is 18.5 Å². The zero-order valence-electron chi connectivity index (χ0n) is 11.3. The van der Waals surface area contributed by atoms with Crippen molar-refractivity contribution in [2.75, 3.05) is 14.2 Å². The van der Waals surface area contributed by atoms with E-state index in [1.807, 2.05) is 19.1 Å². The fourth-order valence-corrected chi connectivity index (χ4v) is 3.32. The van der Waals surface area contributed by atoms with Crippen LogP contribution in [-0.4, -0.2) is 36.2 Å². The summed E-state index contributed by atoms with van der Waals surface area (Å²) >= 11 is 1.45. The molecule has 4 nitrogen and oxygen atoms in total. The number of aryl methyl sites for hydroxylation is 1. The van der Waals surface area contributed by atoms with Crippen LogP contribution in [0.1, 0.15) is 17.5 Å². The molecule has 1 aromatic carbocycles. The summed E-state index contributed by atoms with van der Waals surface area (Å²) in [6.07, 6.45) is 0.109. The lowest BCUT2D eigenvalue weighted by molar-refractivity contribution is -0.143. The van der Waals surface area contributed by atoms with Crippen molar-refractivity contribution in [3.05, 3.63) is 29.3 Å². The molecule has 19 heavy (non-hydrogen) atoms. The summed E-state index contributed by atoms with van der Waals surface area (Å²) in [6, 6.07) is 6.13. The topological polar surface area (TPSA) is 46.6 Å². The third kappa shape index (κ3) is 3.10. The summed E-state index contributed by atoms with van der Waals surface area (Å²) in [5.74, 6) is -0.376. The molecule has 0 saturated heterocycles. The van der Waals surface area contributed by atoms with Gasteiger partial charge in [0.05, 0.1) is 18.8 Å². The number of hydrogen-bond donors (Lipinski definition) is 0. The van der Waals surface area contributed by atoms with Crippen LogP contribution in [0.25, 0.3) is 0 Å². The molecule has 2 rings (SSSR count). The molecule has 0 aromatic heterocycles. The van der Waals surface area contributed by atoms with E-state index in [2.05, 4.69) is 10.8 Å². The van der Waals surface area contributed by atoms with E-state index in [1.165, 1.54) is 24.4 Å². The molecule has 1 aromatic rings. The van der Waals surface area contributed by atoms with Crippen molar-refractivity contribution in [1.29, 1.82) is 0 Å². The highest BCUT2D eigenvalue weighted by Gasteiger charge is 2.30. The minimum absolute atomic E-state index is 0.0238. The Kier molecular flexibility index (Phi) is 4.14. The first kappa shape index (κ1) is 13.9. The van der Waals surface area contributed by atoms with Crippen LogP contribution in [0.5, 0.6) is 0 Å². The Morgan fingerprint density at radius 3 is 2.95 bits per heavy atom. The van der Waals surface area contributed by atoms with Crippen molar-refractivity contribution in [3.63, 3.8) is 0 Å². The largest absolute Gasteiger partial charge is 0.469 e. The molecule has 1 amide bonds. The first-order chi connectivity index (χ1) is 9.01. The second-order valence-electron chi connectivity index (χ2n) is 4.69. The number of fused-ring (bicyclic) bond motifs is 1. The van der Waals surface area contributed by atoms with Gasteiger partial charge in [0.1, 0.15) is 0 Å². The van der Waals surface area contributed by atoms with E-state index in [-0.39, 0.29) is 18.3 Å². The van der Waals surface area contributed by atoms with Gasteiger partial charge in [-0.2, -0.15) is 0 Å². The normalized spacial score (nSPS) is 18.8. The van der Waals surface area contributed by atoms with Gasteiger partial charge in [-0.25, -0.2) is 0 Å². The molecule has 0 radical (unpaired) electrons. The predicted octanol–water partition coefficient (Wildman–Crippen LogP) is 1.99. The van der Waals surface area contributed by atoms with Crippen molar-refractivity contribution in [2.45, 2.75) is 30.0 Å². The zero-order valence-corrected chi connectivity index (χ0v) is 12.1. The van der Waals surface area contributed by atoms with Crippen molar-refractivity contribution >= 4 is 23.6 Å². The monoisotopic (exact) mass is 279 g/mol. The average molecular weight is 279 g/mol. The van der Waals surface area contributed by atoms with Gasteiger partial charge in [-0.05, 0) is 18.6 Å². The van der Waals surface area contributed by atoms with E-state index in [0.717, 1.165) is 10.5 Å². The Hall–Kier alpha value is -1.49. The molecule has 1 atom stereocenters. The Balaban J connectivity index is 2.29. The lowest BCUT2D eigenvalue weighted by atomic mass is 10.1. The lowest BCUT2D eigenvalue weighted by Crippen LogP contribution is -2.34. The number of carbonyl (C=O) groups excluding carboxylic acids is 2. The number of thioether (sulfide) groups is 1. The van der Waals surface area contributed by atoms with Crippen LogP contribution >= 0.6 is 11.8 Å². The Bertz CT molecular complexity index is 515. The van der Waals surface area contributed by atoms with E-state index in [0.29, 0.717) is 6.54 Å². The van der Waals surface area contributed by atoms with Crippen LogP contribution in [0.3, 0.4) is 0 Å². The second kappa shape index (κ2) is 5.65. The molecule has 1 unspecified atom stereocenters. The lowest BCUT2D eigenvalue weighted by Gasteiger charge is -2.18. The van der Waals surface area contributed by atoms with E-state index in [4.69, 9.17) is 0 Å². The molecule has 1 aliphatic heterocycles. The first-order valence-electron chi connectivity index (χ1n) is 6.09. The number of amides is 1. The van der Waals surface area contributed by atoms with E-state index < -0.39 is 5.25 Å². The maximum absolute atomic E-state index is 12.2. The van der Waals surface area contributed by atoms with Gasteiger partial charge in [0.15, 0.2) is 0 Å². The number of hydrogen-bond acceptors (Lipinski definition) is 4. The Labute approximate surface area is 117 Å². The summed E-state index contributed by atoms with van der Waals surface area (Å²) in [5.41, 5.74) is 2.31. The fourth-order valence-electron chi connectivity index (χ4n) is 2.09. The predicted molar refractivity (Wildman–Crippen MR) is 73.9 cm³/mol. The van der Waals surface area contributed by atoms with Crippen LogP contribution in [-0.2, 0) is 20.9 Å². The molecular weight excluding hydrogens is 262 g/mol. The quantitative estimate of drug-likeness (QED) is 0.777. The minimum Gasteiger partial charge on any atom is -0.469 e. The van der Waals surface area contributed by atoms with E-state index >= 15 is 0 Å². The first-order valence-corrected chi connectivity index (χ1v) is 6.97. The molecule has 0 bridgehead atoms. The van der Waals surface area contributed by atoms with Crippen molar-refractivity contribution in [1.82, 2.24) is 4.90 Å². The SMILES string of the molecule is COC(=O)CC1Sc2ccc(C)cc2CN(C)C1=O. The Morgan fingerprint density at radius 2 is 2.26 bits per heavy atom. The van der Waals surface area contributed by atoms with Gasteiger partial charge in [-0.15, -0.1) is 11.8 Å². The van der Waals surface area contributed by atoms with E-state index in [9.17, 15) is 9.59 Å². The highest BCUT2D eigenvalue weighted by molar-refractivity contribution is 8.00. The van der Waals surface area contributed by atoms with Crippen LogP contribution in [0.4, 0.5) is 0 Å². The maximum Gasteiger partial charge on any atom is 0.307 e. The third-order valence-corrected chi connectivity index (χ3v) is 4.43. The summed E-state index contributed by atoms with van der Waals surface area (Å²) in [5, 5.41) is -0.401. The van der Waals surface area contributed by atoms with Crippen molar-refractivity contribution in [3.8, 4) is 0 Å². The minimum atomic E-state index is -0.401. The van der Waals surface area contributed by atoms with Gasteiger partial charge in [0.2, 0.25) is 5.91 Å². The molecule has 0 N–H and O–H groups in total. The molecule has 0 spiro atoms. The van der Waals surface area contributed by atoms with Crippen LogP contribution in [0.2, 0.25) is 0 Å². The molecule has 0 fully saturated rings. The molecule has 5 heteroatoms. The van der Waals surface area contributed by atoms with Gasteiger partial charge in [0.25, 0.3) is 0 Å². The number of esters is 1. The number of benzene rings is 1. The van der Waals surface area contributed by atoms with E-state index in [1.54, 1.807) is 11.9 Å². The molecule has 0 aliphatic carbocycles. The highest BCUT2D eigenvalue weighted by atomic mass is 32.2. The summed E-state index contributed by atoms with van der Waals surface area (Å²) in [6.45, 7) is 2.62. The number of rotatable bonds is 2. The summed E-state index contributed by atoms with van der Waals surface area (Å²) < 4.78 is 4.66. The van der Waals surface area contributed by atoms with Gasteiger partial charge < -0.3 is 9.64 Å². The molecule has 102 valence electrons. The number of carbonyl (C=O) groups is 2. The maximum atomic E-state index is 12.2. The number of nitrogens with zero attached hydrogens (tertiary/aromatic N) is 1. The molecule has 1 aliphatic rings. The molecule has 1 heterocycles. The van der Waals surface area contributed by atoms with Crippen LogP contribution < -0.4 is 0 Å². The number of methoxy groups -OCH3 is 1. The molecule has 0 saturated carbocycles. The molecular formula is C14H17NO3S. The summed E-state index contributed by atoms with van der Waals surface area (Å²) in [4.78, 5) is 26.4. The third-order valence-electron chi connectivity index (χ3n) is 3.12. The standard InChI is InChI=1S/C14H17NO3S/c1-9-4-5-11-10(6-9)8-15(2)14(17)12(19-11)7-13(16)18-3/h4-6,12H,7-8H2,1-3H3. The highest BCUT2D eigenvalue weighted by Crippen LogP contribution is 2.34. The van der Waals surface area contributed by atoms with Gasteiger partial charge in [-0.3, -0.25) is 9.59 Å². The van der Waals surface area contributed by atoms with Crippen LogP contribution in [0, 0.1) is 6.92 Å². The Morgan fingerprint density at radius 1 is 1.53 bits per heavy atom. The second-order valence-corrected chi connectivity index (χ2v) is 5.94. The van der Waals surface area contributed by atoms with Crippen molar-refractivity contribution in [2.24, 2.45) is 0 Å². The number of ether oxygens (including phenoxy) is 1. The zero-order chi connectivity index (χ0) is 14.0. The van der Waals surface area contributed by atoms with Gasteiger partial charge >= 0.3 is 5.97 Å². The smallest absolute Gasteiger partial charge is 0.307 e. The summed E-state index contributed by atoms with van der Waals surface area (Å²) in [7, 11) is 3.11. The average Bonchev–Trinajstić information content (AvgIpc) is 2.49. The van der Waals surface area contributed by atoms with Gasteiger partial charge in [-0.1, -0.05) is 17.7 Å².